The van der Waals surface area contributed by atoms with Crippen molar-refractivity contribution in [3.05, 3.63) is 51.9 Å². The molecule has 1 atom stereocenters. The van der Waals surface area contributed by atoms with E-state index in [-0.39, 0.29) is 24.4 Å². The van der Waals surface area contributed by atoms with Gasteiger partial charge in [0.25, 0.3) is 5.91 Å². The number of anilines is 2. The summed E-state index contributed by atoms with van der Waals surface area (Å²) in [6, 6.07) is 9.79. The number of carbonyl (C=O) groups excluding carboxylic acids is 1. The van der Waals surface area contributed by atoms with Gasteiger partial charge in [-0.05, 0) is 36.4 Å². The zero-order chi connectivity index (χ0) is 22.5. The molecule has 0 bridgehead atoms. The van der Waals surface area contributed by atoms with Crippen LogP contribution in [0.15, 0.2) is 41.2 Å². The van der Waals surface area contributed by atoms with Crippen molar-refractivity contribution in [3.8, 4) is 5.75 Å². The summed E-state index contributed by atoms with van der Waals surface area (Å²) in [4.78, 5) is 25.1. The van der Waals surface area contributed by atoms with Crippen molar-refractivity contribution in [1.29, 1.82) is 0 Å². The molecule has 0 saturated carbocycles. The summed E-state index contributed by atoms with van der Waals surface area (Å²) in [5.41, 5.74) is 2.05. The number of ether oxygens (including phenoxy) is 1. The number of sulfonamides is 1. The smallest absolute Gasteiger partial charge is 0.328 e. The summed E-state index contributed by atoms with van der Waals surface area (Å²) >= 11 is 6.04. The van der Waals surface area contributed by atoms with Crippen molar-refractivity contribution in [2.24, 2.45) is 14.1 Å². The molecule has 2 heterocycles. The number of aromatic nitrogens is 2. The van der Waals surface area contributed by atoms with E-state index in [0.717, 1.165) is 11.8 Å². The molecule has 0 radical (unpaired) electrons. The van der Waals surface area contributed by atoms with E-state index in [4.69, 9.17) is 16.3 Å². The molecule has 1 aliphatic rings. The Morgan fingerprint density at radius 3 is 2.55 bits per heavy atom. The monoisotopic (exact) mass is 464 g/mol. The summed E-state index contributed by atoms with van der Waals surface area (Å²) in [5, 5.41) is 3.16. The summed E-state index contributed by atoms with van der Waals surface area (Å²) in [7, 11) is -0.251. The van der Waals surface area contributed by atoms with Crippen LogP contribution >= 0.6 is 11.6 Å². The highest BCUT2D eigenvalue weighted by molar-refractivity contribution is 7.92. The summed E-state index contributed by atoms with van der Waals surface area (Å²) in [6.07, 6.45) is 0.330. The highest BCUT2D eigenvalue weighted by Crippen LogP contribution is 2.36. The number of imidazole rings is 1. The molecule has 31 heavy (non-hydrogen) atoms. The van der Waals surface area contributed by atoms with Gasteiger partial charge >= 0.3 is 5.69 Å². The predicted octanol–water partition coefficient (Wildman–Crippen LogP) is 2.09. The number of fused-ring (bicyclic) bond motifs is 2. The number of amides is 1. The maximum atomic E-state index is 12.9. The van der Waals surface area contributed by atoms with Crippen molar-refractivity contribution in [1.82, 2.24) is 9.13 Å². The van der Waals surface area contributed by atoms with E-state index < -0.39 is 22.0 Å². The minimum absolute atomic E-state index is 0.0660. The number of benzene rings is 2. The van der Waals surface area contributed by atoms with Crippen LogP contribution in [0.5, 0.6) is 5.75 Å². The van der Waals surface area contributed by atoms with E-state index in [1.54, 1.807) is 44.4 Å². The summed E-state index contributed by atoms with van der Waals surface area (Å²) < 4.78 is 34.6. The fraction of sp³-hybridized carbons (Fsp3) is 0.300. The first kappa shape index (κ1) is 21.3. The van der Waals surface area contributed by atoms with Gasteiger partial charge in [-0.3, -0.25) is 18.2 Å². The van der Waals surface area contributed by atoms with Crippen molar-refractivity contribution >= 4 is 49.9 Å². The van der Waals surface area contributed by atoms with Crippen molar-refractivity contribution in [2.45, 2.75) is 12.5 Å². The lowest BCUT2D eigenvalue weighted by Gasteiger charge is -2.21. The van der Waals surface area contributed by atoms with Crippen LogP contribution in [0.25, 0.3) is 11.0 Å². The highest BCUT2D eigenvalue weighted by Gasteiger charge is 2.31. The Labute approximate surface area is 183 Å². The van der Waals surface area contributed by atoms with Crippen LogP contribution in [0, 0.1) is 0 Å². The standard InChI is InChI=1S/C20H21ClN4O5S/c1-23-14-6-5-13(11-15(14)24(2)20(23)27)22-19(26)18-8-9-25(31(3,28)29)16-10-12(21)4-7-17(16)30-18/h4-7,10-11,18H,8-9H2,1-3H3,(H,22,26). The van der Waals surface area contributed by atoms with Crippen LogP contribution in [0.3, 0.4) is 0 Å². The van der Waals surface area contributed by atoms with Crippen LogP contribution < -0.4 is 20.0 Å². The molecule has 0 spiro atoms. The molecule has 1 N–H and O–H groups in total. The molecule has 1 unspecified atom stereocenters. The second-order valence-corrected chi connectivity index (χ2v) is 9.78. The minimum atomic E-state index is -3.59. The molecular formula is C20H21ClN4O5S. The third kappa shape index (κ3) is 3.88. The third-order valence-electron chi connectivity index (χ3n) is 5.29. The maximum Gasteiger partial charge on any atom is 0.328 e. The Morgan fingerprint density at radius 1 is 1.13 bits per heavy atom. The summed E-state index contributed by atoms with van der Waals surface area (Å²) in [5.74, 6) is -0.162. The predicted molar refractivity (Wildman–Crippen MR) is 119 cm³/mol. The second-order valence-electron chi connectivity index (χ2n) is 7.44. The van der Waals surface area contributed by atoms with Gasteiger partial charge in [0.15, 0.2) is 6.10 Å². The largest absolute Gasteiger partial charge is 0.478 e. The number of hydrogen-bond acceptors (Lipinski definition) is 5. The van der Waals surface area contributed by atoms with Gasteiger partial charge in [0.1, 0.15) is 5.75 Å². The quantitative estimate of drug-likeness (QED) is 0.639. The minimum Gasteiger partial charge on any atom is -0.478 e. The molecule has 0 saturated heterocycles. The maximum absolute atomic E-state index is 12.9. The normalized spacial score (nSPS) is 16.5. The molecular weight excluding hydrogens is 444 g/mol. The zero-order valence-electron chi connectivity index (χ0n) is 17.1. The molecule has 0 fully saturated rings. The number of nitrogens with zero attached hydrogens (tertiary/aromatic N) is 3. The third-order valence-corrected chi connectivity index (χ3v) is 6.70. The Balaban J connectivity index is 1.62. The fourth-order valence-electron chi connectivity index (χ4n) is 3.69. The van der Waals surface area contributed by atoms with E-state index in [1.807, 2.05) is 0 Å². The van der Waals surface area contributed by atoms with Crippen LogP contribution in [0.1, 0.15) is 6.42 Å². The van der Waals surface area contributed by atoms with Gasteiger partial charge in [0.05, 0.1) is 23.0 Å². The van der Waals surface area contributed by atoms with Crippen LogP contribution in [-0.4, -0.2) is 42.4 Å². The van der Waals surface area contributed by atoms with Gasteiger partial charge < -0.3 is 10.1 Å². The molecule has 1 amide bonds. The first-order valence-electron chi connectivity index (χ1n) is 9.46. The van der Waals surface area contributed by atoms with Gasteiger partial charge in [0.2, 0.25) is 10.0 Å². The Bertz CT molecular complexity index is 1360. The number of halogens is 1. The molecule has 0 aliphatic carbocycles. The summed E-state index contributed by atoms with van der Waals surface area (Å²) in [6.45, 7) is 0.0660. The number of nitrogens with one attached hydrogen (secondary N) is 1. The number of hydrogen-bond donors (Lipinski definition) is 1. The van der Waals surface area contributed by atoms with Crippen LogP contribution in [0.4, 0.5) is 11.4 Å². The van der Waals surface area contributed by atoms with Gasteiger partial charge in [-0.1, -0.05) is 11.6 Å². The van der Waals surface area contributed by atoms with Crippen LogP contribution in [-0.2, 0) is 28.9 Å². The molecule has 2 aromatic carbocycles. The fourth-order valence-corrected chi connectivity index (χ4v) is 4.79. The molecule has 164 valence electrons. The Hall–Kier alpha value is -2.98. The molecule has 1 aliphatic heterocycles. The van der Waals surface area contributed by atoms with Crippen LogP contribution in [0.2, 0.25) is 5.02 Å². The van der Waals surface area contributed by atoms with E-state index in [9.17, 15) is 18.0 Å². The zero-order valence-corrected chi connectivity index (χ0v) is 18.7. The average molecular weight is 465 g/mol. The Kier molecular flexibility index (Phi) is 5.22. The number of carbonyl (C=O) groups is 1. The lowest BCUT2D eigenvalue weighted by Crippen LogP contribution is -2.35. The van der Waals surface area contributed by atoms with Crippen molar-refractivity contribution in [3.63, 3.8) is 0 Å². The number of aryl methyl sites for hydroxylation is 2. The molecule has 11 heteroatoms. The van der Waals surface area contributed by atoms with Gasteiger partial charge in [-0.15, -0.1) is 0 Å². The van der Waals surface area contributed by atoms with E-state index in [0.29, 0.717) is 21.9 Å². The molecule has 3 aromatic rings. The Morgan fingerprint density at radius 2 is 1.84 bits per heavy atom. The average Bonchev–Trinajstić information content (AvgIpc) is 2.86. The van der Waals surface area contributed by atoms with Gasteiger partial charge in [-0.2, -0.15) is 0 Å². The molecule has 4 rings (SSSR count). The first-order valence-corrected chi connectivity index (χ1v) is 11.7. The number of rotatable bonds is 3. The van der Waals surface area contributed by atoms with E-state index in [1.165, 1.54) is 19.5 Å². The molecule has 9 nitrogen and oxygen atoms in total. The lowest BCUT2D eigenvalue weighted by molar-refractivity contribution is -0.122. The van der Waals surface area contributed by atoms with Crippen molar-refractivity contribution in [2.75, 3.05) is 22.4 Å². The highest BCUT2D eigenvalue weighted by atomic mass is 35.5. The van der Waals surface area contributed by atoms with Crippen molar-refractivity contribution < 1.29 is 17.9 Å². The molecule has 1 aromatic heterocycles. The van der Waals surface area contributed by atoms with E-state index >= 15 is 0 Å². The van der Waals surface area contributed by atoms with Gasteiger partial charge in [0, 0.05) is 37.8 Å². The van der Waals surface area contributed by atoms with Gasteiger partial charge in [-0.25, -0.2) is 13.2 Å². The first-order chi connectivity index (χ1) is 14.6. The lowest BCUT2D eigenvalue weighted by atomic mass is 10.2. The SMILES string of the molecule is Cn1c(=O)n(C)c2cc(NC(=O)C3CCN(S(C)(=O)=O)c4cc(Cl)ccc4O3)ccc21. The van der Waals surface area contributed by atoms with E-state index in [2.05, 4.69) is 5.32 Å². The topological polar surface area (TPSA) is 103 Å². The second kappa shape index (κ2) is 7.61.